The SMILES string of the molecule is CC(C)(C)OC(=O)NC1CCC([C@H]2[C@@H](OCc3ccccc3)C(=O)N2Cc2ccccc2)CC1. The van der Waals surface area contributed by atoms with Gasteiger partial charge in [0.1, 0.15) is 5.60 Å². The van der Waals surface area contributed by atoms with Gasteiger partial charge < -0.3 is 19.7 Å². The van der Waals surface area contributed by atoms with Gasteiger partial charge in [-0.25, -0.2) is 4.79 Å². The van der Waals surface area contributed by atoms with E-state index in [9.17, 15) is 9.59 Å². The molecule has 6 heteroatoms. The summed E-state index contributed by atoms with van der Waals surface area (Å²) in [5, 5.41) is 3.02. The Balaban J connectivity index is 1.39. The molecule has 0 aromatic heterocycles. The lowest BCUT2D eigenvalue weighted by molar-refractivity contribution is -0.184. The predicted molar refractivity (Wildman–Crippen MR) is 131 cm³/mol. The van der Waals surface area contributed by atoms with E-state index in [2.05, 4.69) is 17.4 Å². The molecule has 0 spiro atoms. The fourth-order valence-electron chi connectivity index (χ4n) is 5.01. The minimum atomic E-state index is -0.505. The quantitative estimate of drug-likeness (QED) is 0.581. The Morgan fingerprint density at radius 3 is 2.12 bits per heavy atom. The smallest absolute Gasteiger partial charge is 0.407 e. The molecule has 1 saturated carbocycles. The first-order valence-electron chi connectivity index (χ1n) is 12.3. The highest BCUT2D eigenvalue weighted by molar-refractivity contribution is 5.88. The Bertz CT molecular complexity index is 949. The van der Waals surface area contributed by atoms with Crippen molar-refractivity contribution in [1.82, 2.24) is 10.2 Å². The average molecular weight is 465 g/mol. The van der Waals surface area contributed by atoms with Crippen LogP contribution in [0.25, 0.3) is 0 Å². The van der Waals surface area contributed by atoms with Gasteiger partial charge >= 0.3 is 6.09 Å². The summed E-state index contributed by atoms with van der Waals surface area (Å²) in [6, 6.07) is 20.3. The second kappa shape index (κ2) is 10.6. The van der Waals surface area contributed by atoms with Crippen LogP contribution in [0.5, 0.6) is 0 Å². The molecule has 1 N–H and O–H groups in total. The third-order valence-electron chi connectivity index (χ3n) is 6.64. The maximum atomic E-state index is 13.1. The van der Waals surface area contributed by atoms with Gasteiger partial charge in [-0.1, -0.05) is 60.7 Å². The molecule has 2 amide bonds. The van der Waals surface area contributed by atoms with Gasteiger partial charge in [0.15, 0.2) is 6.10 Å². The summed E-state index contributed by atoms with van der Waals surface area (Å²) >= 11 is 0. The fourth-order valence-corrected chi connectivity index (χ4v) is 5.01. The van der Waals surface area contributed by atoms with Gasteiger partial charge in [-0.05, 0) is 63.5 Å². The van der Waals surface area contributed by atoms with Gasteiger partial charge in [0, 0.05) is 12.6 Å². The highest BCUT2D eigenvalue weighted by Crippen LogP contribution is 2.39. The maximum absolute atomic E-state index is 13.1. The molecule has 2 aliphatic rings. The van der Waals surface area contributed by atoms with E-state index in [1.807, 2.05) is 74.2 Å². The Morgan fingerprint density at radius 1 is 0.941 bits per heavy atom. The van der Waals surface area contributed by atoms with Crippen molar-refractivity contribution < 1.29 is 19.1 Å². The van der Waals surface area contributed by atoms with Crippen molar-refractivity contribution in [3.8, 4) is 0 Å². The van der Waals surface area contributed by atoms with E-state index in [0.717, 1.165) is 36.8 Å². The molecule has 0 bridgehead atoms. The lowest BCUT2D eigenvalue weighted by Gasteiger charge is -2.51. The Morgan fingerprint density at radius 2 is 1.53 bits per heavy atom. The number of hydrogen-bond donors (Lipinski definition) is 1. The summed E-state index contributed by atoms with van der Waals surface area (Å²) in [5.74, 6) is 0.414. The first-order chi connectivity index (χ1) is 16.3. The number of rotatable bonds is 7. The van der Waals surface area contributed by atoms with Crippen LogP contribution in [0.4, 0.5) is 4.79 Å². The molecule has 0 radical (unpaired) electrons. The minimum absolute atomic E-state index is 0.0545. The molecule has 2 fully saturated rings. The predicted octanol–water partition coefficient (Wildman–Crippen LogP) is 5.07. The Hall–Kier alpha value is -2.86. The van der Waals surface area contributed by atoms with E-state index in [0.29, 0.717) is 19.1 Å². The normalized spacial score (nSPS) is 24.9. The van der Waals surface area contributed by atoms with E-state index in [1.165, 1.54) is 0 Å². The topological polar surface area (TPSA) is 67.9 Å². The van der Waals surface area contributed by atoms with Crippen LogP contribution in [0, 0.1) is 5.92 Å². The summed E-state index contributed by atoms with van der Waals surface area (Å²) < 4.78 is 11.6. The summed E-state index contributed by atoms with van der Waals surface area (Å²) in [7, 11) is 0. The number of carbonyl (C=O) groups excluding carboxylic acids is 2. The molecular formula is C28H36N2O4. The number of nitrogens with zero attached hydrogens (tertiary/aromatic N) is 1. The van der Waals surface area contributed by atoms with E-state index in [4.69, 9.17) is 9.47 Å². The van der Waals surface area contributed by atoms with E-state index in [-0.39, 0.29) is 24.1 Å². The molecule has 4 rings (SSSR count). The van der Waals surface area contributed by atoms with Gasteiger partial charge in [-0.2, -0.15) is 0 Å². The van der Waals surface area contributed by atoms with Gasteiger partial charge in [0.25, 0.3) is 5.91 Å². The molecule has 1 saturated heterocycles. The van der Waals surface area contributed by atoms with Crippen molar-refractivity contribution in [1.29, 1.82) is 0 Å². The van der Waals surface area contributed by atoms with Crippen LogP contribution >= 0.6 is 0 Å². The largest absolute Gasteiger partial charge is 0.444 e. The number of likely N-dealkylation sites (tertiary alicyclic amines) is 1. The van der Waals surface area contributed by atoms with Crippen LogP contribution in [-0.2, 0) is 27.4 Å². The zero-order chi connectivity index (χ0) is 24.1. The summed E-state index contributed by atoms with van der Waals surface area (Å²) in [4.78, 5) is 27.3. The van der Waals surface area contributed by atoms with Crippen molar-refractivity contribution >= 4 is 12.0 Å². The number of β-lactam (4-membered cyclic amide) rings is 1. The Labute approximate surface area is 202 Å². The zero-order valence-electron chi connectivity index (χ0n) is 20.4. The fraction of sp³-hybridized carbons (Fsp3) is 0.500. The third-order valence-corrected chi connectivity index (χ3v) is 6.64. The van der Waals surface area contributed by atoms with Crippen molar-refractivity contribution in [2.75, 3.05) is 0 Å². The van der Waals surface area contributed by atoms with Crippen molar-refractivity contribution in [2.24, 2.45) is 5.92 Å². The number of amides is 2. The molecule has 2 aromatic rings. The summed E-state index contributed by atoms with van der Waals surface area (Å²) in [6.45, 7) is 6.64. The van der Waals surface area contributed by atoms with Crippen molar-refractivity contribution in [3.05, 3.63) is 71.8 Å². The minimum Gasteiger partial charge on any atom is -0.444 e. The summed E-state index contributed by atoms with van der Waals surface area (Å²) in [6.07, 6.45) is 2.86. The zero-order valence-corrected chi connectivity index (χ0v) is 20.4. The van der Waals surface area contributed by atoms with Gasteiger partial charge in [0.05, 0.1) is 12.6 Å². The van der Waals surface area contributed by atoms with Crippen molar-refractivity contribution in [2.45, 2.75) is 83.4 Å². The molecular weight excluding hydrogens is 428 g/mol. The monoisotopic (exact) mass is 464 g/mol. The van der Waals surface area contributed by atoms with Gasteiger partial charge in [-0.3, -0.25) is 4.79 Å². The molecule has 34 heavy (non-hydrogen) atoms. The first-order valence-corrected chi connectivity index (χ1v) is 12.3. The Kier molecular flexibility index (Phi) is 7.57. The lowest BCUT2D eigenvalue weighted by atomic mass is 9.75. The number of alkyl carbamates (subject to hydrolysis) is 1. The third kappa shape index (κ3) is 6.17. The average Bonchev–Trinajstić information content (AvgIpc) is 2.81. The highest BCUT2D eigenvalue weighted by Gasteiger charge is 2.52. The first kappa shape index (κ1) is 24.3. The number of nitrogens with one attached hydrogen (secondary N) is 1. The molecule has 6 nitrogen and oxygen atoms in total. The maximum Gasteiger partial charge on any atom is 0.407 e. The molecule has 182 valence electrons. The van der Waals surface area contributed by atoms with Crippen LogP contribution in [0.15, 0.2) is 60.7 Å². The molecule has 1 heterocycles. The molecule has 1 aliphatic heterocycles. The van der Waals surface area contributed by atoms with Crippen LogP contribution in [0.3, 0.4) is 0 Å². The number of benzene rings is 2. The number of carbonyl (C=O) groups is 2. The van der Waals surface area contributed by atoms with Crippen LogP contribution in [0.2, 0.25) is 0 Å². The number of hydrogen-bond acceptors (Lipinski definition) is 4. The second-order valence-electron chi connectivity index (χ2n) is 10.4. The van der Waals surface area contributed by atoms with Gasteiger partial charge in [0.2, 0.25) is 0 Å². The van der Waals surface area contributed by atoms with Crippen molar-refractivity contribution in [3.63, 3.8) is 0 Å². The van der Waals surface area contributed by atoms with E-state index in [1.54, 1.807) is 0 Å². The molecule has 2 atom stereocenters. The van der Waals surface area contributed by atoms with Crippen LogP contribution < -0.4 is 5.32 Å². The summed E-state index contributed by atoms with van der Waals surface area (Å²) in [5.41, 5.74) is 1.69. The standard InChI is InChI=1S/C28H36N2O4/c1-28(2,3)34-27(32)29-23-16-14-22(15-17-23)24-25(33-19-21-12-8-5-9-13-21)26(31)30(24)18-20-10-6-4-7-11-20/h4-13,22-25H,14-19H2,1-3H3,(H,29,32)/t22?,23?,24-,25+/m0/s1. The van der Waals surface area contributed by atoms with E-state index >= 15 is 0 Å². The molecule has 2 aromatic carbocycles. The highest BCUT2D eigenvalue weighted by atomic mass is 16.6. The van der Waals surface area contributed by atoms with Crippen LogP contribution in [-0.4, -0.2) is 40.7 Å². The number of ether oxygens (including phenoxy) is 2. The second-order valence-corrected chi connectivity index (χ2v) is 10.4. The molecule has 0 unspecified atom stereocenters. The van der Waals surface area contributed by atoms with Crippen LogP contribution in [0.1, 0.15) is 57.6 Å². The van der Waals surface area contributed by atoms with Gasteiger partial charge in [-0.15, -0.1) is 0 Å². The molecule has 1 aliphatic carbocycles. The van der Waals surface area contributed by atoms with E-state index < -0.39 is 11.7 Å². The lowest BCUT2D eigenvalue weighted by Crippen LogP contribution is -2.68.